The SMILES string of the molecule is CS(=O)(=O)c1ccc(-n2ncc3c2C[C@@H]2CC[C@H]3N2C(=O)Cc2cccc(F)c2)cc1. The third kappa shape index (κ3) is 3.54. The van der Waals surface area contributed by atoms with Crippen molar-refractivity contribution in [3.63, 3.8) is 0 Å². The van der Waals surface area contributed by atoms with Crippen molar-refractivity contribution in [2.24, 2.45) is 0 Å². The van der Waals surface area contributed by atoms with Gasteiger partial charge in [-0.2, -0.15) is 5.10 Å². The molecular weight excluding hydrogens is 417 g/mol. The maximum absolute atomic E-state index is 13.5. The highest BCUT2D eigenvalue weighted by Gasteiger charge is 2.44. The summed E-state index contributed by atoms with van der Waals surface area (Å²) in [6, 6.07) is 12.9. The molecule has 1 amide bonds. The Morgan fingerprint density at radius 2 is 1.94 bits per heavy atom. The molecule has 0 radical (unpaired) electrons. The number of carbonyl (C=O) groups excluding carboxylic acids is 1. The van der Waals surface area contributed by atoms with Crippen molar-refractivity contribution in [2.45, 2.75) is 42.7 Å². The van der Waals surface area contributed by atoms with Gasteiger partial charge in [0.2, 0.25) is 5.91 Å². The Kier molecular flexibility index (Phi) is 4.69. The Hall–Kier alpha value is -3.00. The molecule has 0 spiro atoms. The Bertz CT molecular complexity index is 1270. The minimum Gasteiger partial charge on any atom is -0.332 e. The van der Waals surface area contributed by atoms with Crippen LogP contribution in [-0.2, 0) is 27.5 Å². The van der Waals surface area contributed by atoms with E-state index in [9.17, 15) is 17.6 Å². The summed E-state index contributed by atoms with van der Waals surface area (Å²) in [5.74, 6) is -0.327. The van der Waals surface area contributed by atoms with Crippen molar-refractivity contribution < 1.29 is 17.6 Å². The van der Waals surface area contributed by atoms with E-state index in [2.05, 4.69) is 5.10 Å². The Morgan fingerprint density at radius 3 is 2.65 bits per heavy atom. The fraction of sp³-hybridized carbons (Fsp3) is 0.304. The van der Waals surface area contributed by atoms with E-state index in [1.807, 2.05) is 15.8 Å². The monoisotopic (exact) mass is 439 g/mol. The van der Waals surface area contributed by atoms with Gasteiger partial charge < -0.3 is 4.90 Å². The first-order valence-corrected chi connectivity index (χ1v) is 12.1. The van der Waals surface area contributed by atoms with Crippen molar-refractivity contribution in [1.29, 1.82) is 0 Å². The minimum absolute atomic E-state index is 0.00834. The van der Waals surface area contributed by atoms with Crippen LogP contribution in [0.3, 0.4) is 0 Å². The fourth-order valence-corrected chi connectivity index (χ4v) is 5.46. The van der Waals surface area contributed by atoms with Crippen molar-refractivity contribution in [3.8, 4) is 5.69 Å². The van der Waals surface area contributed by atoms with Crippen molar-refractivity contribution in [1.82, 2.24) is 14.7 Å². The highest BCUT2D eigenvalue weighted by Crippen LogP contribution is 2.44. The number of fused-ring (bicyclic) bond motifs is 4. The number of sulfone groups is 1. The number of amides is 1. The van der Waals surface area contributed by atoms with E-state index in [1.165, 1.54) is 18.4 Å². The maximum Gasteiger partial charge on any atom is 0.227 e. The summed E-state index contributed by atoms with van der Waals surface area (Å²) in [5, 5.41) is 4.55. The van der Waals surface area contributed by atoms with Gasteiger partial charge in [-0.15, -0.1) is 0 Å². The molecule has 2 aromatic carbocycles. The summed E-state index contributed by atoms with van der Waals surface area (Å²) < 4.78 is 38.8. The summed E-state index contributed by atoms with van der Waals surface area (Å²) in [7, 11) is -3.26. The van der Waals surface area contributed by atoms with Gasteiger partial charge in [0.15, 0.2) is 9.84 Å². The van der Waals surface area contributed by atoms with E-state index in [0.717, 1.165) is 29.8 Å². The highest BCUT2D eigenvalue weighted by molar-refractivity contribution is 7.90. The number of carbonyl (C=O) groups is 1. The smallest absolute Gasteiger partial charge is 0.227 e. The summed E-state index contributed by atoms with van der Waals surface area (Å²) in [6.45, 7) is 0. The number of aromatic nitrogens is 2. The molecule has 0 N–H and O–H groups in total. The lowest BCUT2D eigenvalue weighted by atomic mass is 9.98. The van der Waals surface area contributed by atoms with Crippen LogP contribution in [0, 0.1) is 5.82 Å². The summed E-state index contributed by atoms with van der Waals surface area (Å²) >= 11 is 0. The fourth-order valence-electron chi connectivity index (χ4n) is 4.83. The molecule has 3 heterocycles. The number of hydrogen-bond acceptors (Lipinski definition) is 4. The summed E-state index contributed by atoms with van der Waals surface area (Å²) in [6.07, 6.45) is 5.67. The minimum atomic E-state index is -3.26. The first kappa shape index (κ1) is 19.9. The number of nitrogens with zero attached hydrogens (tertiary/aromatic N) is 3. The predicted octanol–water partition coefficient (Wildman–Crippen LogP) is 3.25. The van der Waals surface area contributed by atoms with Gasteiger partial charge in [0, 0.05) is 24.3 Å². The molecule has 2 aliphatic rings. The van der Waals surface area contributed by atoms with Crippen molar-refractivity contribution in [3.05, 3.63) is 77.4 Å². The molecule has 0 unspecified atom stereocenters. The lowest BCUT2D eigenvalue weighted by Gasteiger charge is -2.35. The van der Waals surface area contributed by atoms with Gasteiger partial charge in [0.1, 0.15) is 5.82 Å². The van der Waals surface area contributed by atoms with Gasteiger partial charge >= 0.3 is 0 Å². The Labute approximate surface area is 180 Å². The van der Waals surface area contributed by atoms with E-state index < -0.39 is 9.84 Å². The lowest BCUT2D eigenvalue weighted by molar-refractivity contribution is -0.134. The number of benzene rings is 2. The van der Waals surface area contributed by atoms with Crippen LogP contribution in [0.15, 0.2) is 59.6 Å². The molecule has 0 aliphatic carbocycles. The molecule has 2 aliphatic heterocycles. The number of hydrogen-bond donors (Lipinski definition) is 0. The van der Waals surface area contributed by atoms with Crippen LogP contribution in [0.2, 0.25) is 0 Å². The van der Waals surface area contributed by atoms with Crippen molar-refractivity contribution in [2.75, 3.05) is 6.26 Å². The second-order valence-corrected chi connectivity index (χ2v) is 10.3. The zero-order valence-electron chi connectivity index (χ0n) is 17.0. The van der Waals surface area contributed by atoms with Gasteiger partial charge in [0.25, 0.3) is 0 Å². The quantitative estimate of drug-likeness (QED) is 0.626. The third-order valence-electron chi connectivity index (χ3n) is 6.23. The maximum atomic E-state index is 13.5. The molecule has 0 saturated carbocycles. The van der Waals surface area contributed by atoms with Crippen LogP contribution in [0.1, 0.15) is 35.7 Å². The van der Waals surface area contributed by atoms with Gasteiger partial charge in [-0.1, -0.05) is 12.1 Å². The van der Waals surface area contributed by atoms with Crippen LogP contribution >= 0.6 is 0 Å². The van der Waals surface area contributed by atoms with E-state index in [1.54, 1.807) is 36.4 Å². The molecule has 1 saturated heterocycles. The van der Waals surface area contributed by atoms with Crippen LogP contribution in [-0.4, -0.2) is 41.3 Å². The van der Waals surface area contributed by atoms with Crippen LogP contribution in [0.4, 0.5) is 4.39 Å². The number of rotatable bonds is 4. The Balaban J connectivity index is 1.42. The largest absolute Gasteiger partial charge is 0.332 e. The molecular formula is C23H22FN3O3S. The van der Waals surface area contributed by atoms with E-state index in [4.69, 9.17) is 0 Å². The molecule has 1 fully saturated rings. The normalized spacial score (nSPS) is 20.0. The van der Waals surface area contributed by atoms with Gasteiger partial charge in [-0.25, -0.2) is 17.5 Å². The molecule has 31 heavy (non-hydrogen) atoms. The molecule has 2 atom stereocenters. The van der Waals surface area contributed by atoms with Gasteiger partial charge in [-0.3, -0.25) is 4.79 Å². The lowest BCUT2D eigenvalue weighted by Crippen LogP contribution is -2.42. The van der Waals surface area contributed by atoms with E-state index >= 15 is 0 Å². The first-order valence-electron chi connectivity index (χ1n) is 10.2. The summed E-state index contributed by atoms with van der Waals surface area (Å²) in [4.78, 5) is 15.3. The topological polar surface area (TPSA) is 72.3 Å². The van der Waals surface area contributed by atoms with Crippen LogP contribution < -0.4 is 0 Å². The zero-order valence-corrected chi connectivity index (χ0v) is 17.8. The number of halogens is 1. The third-order valence-corrected chi connectivity index (χ3v) is 7.36. The average Bonchev–Trinajstić information content (AvgIpc) is 3.29. The second-order valence-electron chi connectivity index (χ2n) is 8.28. The summed E-state index contributed by atoms with van der Waals surface area (Å²) in [5.41, 5.74) is 3.58. The van der Waals surface area contributed by atoms with E-state index in [-0.39, 0.29) is 35.1 Å². The van der Waals surface area contributed by atoms with Gasteiger partial charge in [-0.05, 0) is 54.8 Å². The second kappa shape index (κ2) is 7.30. The molecule has 5 rings (SSSR count). The molecule has 1 aromatic heterocycles. The molecule has 3 aromatic rings. The zero-order chi connectivity index (χ0) is 21.8. The van der Waals surface area contributed by atoms with E-state index in [0.29, 0.717) is 12.0 Å². The van der Waals surface area contributed by atoms with Gasteiger partial charge in [0.05, 0.1) is 34.9 Å². The first-order chi connectivity index (χ1) is 14.8. The molecule has 160 valence electrons. The molecule has 6 nitrogen and oxygen atoms in total. The molecule has 8 heteroatoms. The van der Waals surface area contributed by atoms with Crippen LogP contribution in [0.25, 0.3) is 5.69 Å². The molecule has 2 bridgehead atoms. The predicted molar refractivity (Wildman–Crippen MR) is 113 cm³/mol. The average molecular weight is 440 g/mol. The highest BCUT2D eigenvalue weighted by atomic mass is 32.2. The Morgan fingerprint density at radius 1 is 1.16 bits per heavy atom. The van der Waals surface area contributed by atoms with Crippen LogP contribution in [0.5, 0.6) is 0 Å². The van der Waals surface area contributed by atoms with Crippen molar-refractivity contribution >= 4 is 15.7 Å². The standard InChI is InChI=1S/C23H22FN3O3S/c1-31(29,30)19-8-5-17(6-9-19)27-22-13-18-7-10-21(20(22)14-25-27)26(18)23(28)12-15-3-2-4-16(24)11-15/h2-6,8-9,11,14,18,21H,7,10,12-13H2,1H3/t18-,21+/m0/s1.